The van der Waals surface area contributed by atoms with Crippen molar-refractivity contribution in [3.63, 3.8) is 0 Å². The van der Waals surface area contributed by atoms with Gasteiger partial charge in [0.1, 0.15) is 0 Å². The largest absolute Gasteiger partial charge is 0.327 e. The maximum absolute atomic E-state index is 6.56. The van der Waals surface area contributed by atoms with Crippen molar-refractivity contribution in [2.75, 3.05) is 0 Å². The molecule has 0 aliphatic heterocycles. The van der Waals surface area contributed by atoms with Gasteiger partial charge < -0.3 is 5.73 Å². The third kappa shape index (κ3) is 4.71. The van der Waals surface area contributed by atoms with E-state index in [1.165, 1.54) is 36.8 Å². The van der Waals surface area contributed by atoms with Crippen LogP contribution in [0.25, 0.3) is 0 Å². The van der Waals surface area contributed by atoms with Crippen LogP contribution in [0.5, 0.6) is 0 Å². The summed E-state index contributed by atoms with van der Waals surface area (Å²) in [6.45, 7) is 2.25. The molecule has 0 radical (unpaired) electrons. The van der Waals surface area contributed by atoms with Gasteiger partial charge in [-0.25, -0.2) is 0 Å². The minimum atomic E-state index is 0.187. The third-order valence-electron chi connectivity index (χ3n) is 4.14. The molecule has 0 amide bonds. The fourth-order valence-corrected chi connectivity index (χ4v) is 2.98. The number of nitrogens with two attached hydrogens (primary N) is 1. The zero-order chi connectivity index (χ0) is 14.9. The normalized spacial score (nSPS) is 12.5. The van der Waals surface area contributed by atoms with Gasteiger partial charge >= 0.3 is 0 Å². The fraction of sp³-hybridized carbons (Fsp3) is 0.400. The lowest BCUT2D eigenvalue weighted by molar-refractivity contribution is 0.509. The Morgan fingerprint density at radius 1 is 0.762 bits per heavy atom. The van der Waals surface area contributed by atoms with Gasteiger partial charge in [0.2, 0.25) is 0 Å². The van der Waals surface area contributed by atoms with Crippen LogP contribution in [0.2, 0.25) is 0 Å². The summed E-state index contributed by atoms with van der Waals surface area (Å²) in [7, 11) is 0. The van der Waals surface area contributed by atoms with E-state index in [1.807, 2.05) is 0 Å². The number of unbranched alkanes of at least 4 members (excludes halogenated alkanes) is 3. The average molecular weight is 281 g/mol. The molecule has 112 valence electrons. The standard InChI is InChI=1S/C20H27N/c1-2-3-4-11-16-19(21)20(17-12-7-5-8-13-17)18-14-9-6-10-15-18/h5-10,12-15,19-20H,2-4,11,16,21H2,1H3. The molecular formula is C20H27N. The lowest BCUT2D eigenvalue weighted by Gasteiger charge is -2.25. The van der Waals surface area contributed by atoms with Crippen LogP contribution in [0.1, 0.15) is 56.1 Å². The Kier molecular flexibility index (Phi) is 6.49. The van der Waals surface area contributed by atoms with E-state index in [9.17, 15) is 0 Å². The smallest absolute Gasteiger partial charge is 0.0241 e. The van der Waals surface area contributed by atoms with Crippen molar-refractivity contribution in [1.29, 1.82) is 0 Å². The minimum absolute atomic E-state index is 0.187. The Labute approximate surface area is 129 Å². The first-order valence-corrected chi connectivity index (χ1v) is 8.18. The Morgan fingerprint density at radius 2 is 1.29 bits per heavy atom. The Morgan fingerprint density at radius 3 is 1.76 bits per heavy atom. The summed E-state index contributed by atoms with van der Waals surface area (Å²) >= 11 is 0. The molecule has 0 bridgehead atoms. The maximum atomic E-state index is 6.56. The van der Waals surface area contributed by atoms with Crippen LogP contribution in [0.3, 0.4) is 0 Å². The van der Waals surface area contributed by atoms with Gasteiger partial charge in [0.25, 0.3) is 0 Å². The summed E-state index contributed by atoms with van der Waals surface area (Å²) in [5, 5.41) is 0. The number of hydrogen-bond acceptors (Lipinski definition) is 1. The number of benzene rings is 2. The molecule has 0 aliphatic rings. The average Bonchev–Trinajstić information content (AvgIpc) is 2.54. The van der Waals surface area contributed by atoms with Gasteiger partial charge in [-0.05, 0) is 17.5 Å². The van der Waals surface area contributed by atoms with Crippen molar-refractivity contribution < 1.29 is 0 Å². The number of rotatable bonds is 8. The molecule has 2 aromatic rings. The second kappa shape index (κ2) is 8.63. The molecule has 1 unspecified atom stereocenters. The lowest BCUT2D eigenvalue weighted by Crippen LogP contribution is -2.29. The molecule has 0 spiro atoms. The van der Waals surface area contributed by atoms with Crippen molar-refractivity contribution in [1.82, 2.24) is 0 Å². The van der Waals surface area contributed by atoms with E-state index in [2.05, 4.69) is 67.6 Å². The van der Waals surface area contributed by atoms with Gasteiger partial charge in [0.05, 0.1) is 0 Å². The van der Waals surface area contributed by atoms with E-state index in [-0.39, 0.29) is 6.04 Å². The quantitative estimate of drug-likeness (QED) is 0.668. The van der Waals surface area contributed by atoms with Crippen LogP contribution in [0, 0.1) is 0 Å². The molecule has 1 heteroatoms. The van der Waals surface area contributed by atoms with E-state index < -0.39 is 0 Å². The predicted molar refractivity (Wildman–Crippen MR) is 91.5 cm³/mol. The molecular weight excluding hydrogens is 254 g/mol. The zero-order valence-electron chi connectivity index (χ0n) is 13.0. The van der Waals surface area contributed by atoms with Gasteiger partial charge in [-0.3, -0.25) is 0 Å². The maximum Gasteiger partial charge on any atom is 0.0241 e. The fourth-order valence-electron chi connectivity index (χ4n) is 2.98. The summed E-state index contributed by atoms with van der Waals surface area (Å²) in [5.41, 5.74) is 9.22. The molecule has 1 atom stereocenters. The lowest BCUT2D eigenvalue weighted by atomic mass is 9.83. The minimum Gasteiger partial charge on any atom is -0.327 e. The highest BCUT2D eigenvalue weighted by Crippen LogP contribution is 2.29. The Bertz CT molecular complexity index is 452. The topological polar surface area (TPSA) is 26.0 Å². The first kappa shape index (κ1) is 15.8. The SMILES string of the molecule is CCCCCCC(N)C(c1ccccc1)c1ccccc1. The first-order chi connectivity index (χ1) is 10.3. The molecule has 21 heavy (non-hydrogen) atoms. The van der Waals surface area contributed by atoms with Gasteiger partial charge in [-0.2, -0.15) is 0 Å². The summed E-state index contributed by atoms with van der Waals surface area (Å²) in [6.07, 6.45) is 6.20. The summed E-state index contributed by atoms with van der Waals surface area (Å²) < 4.78 is 0. The van der Waals surface area contributed by atoms with Crippen LogP contribution in [0.4, 0.5) is 0 Å². The van der Waals surface area contributed by atoms with Crippen LogP contribution >= 0.6 is 0 Å². The van der Waals surface area contributed by atoms with E-state index >= 15 is 0 Å². The van der Waals surface area contributed by atoms with Crippen molar-refractivity contribution in [3.05, 3.63) is 71.8 Å². The van der Waals surface area contributed by atoms with E-state index in [1.54, 1.807) is 0 Å². The second-order valence-corrected chi connectivity index (χ2v) is 5.81. The first-order valence-electron chi connectivity index (χ1n) is 8.18. The van der Waals surface area contributed by atoms with Gasteiger partial charge in [-0.15, -0.1) is 0 Å². The van der Waals surface area contributed by atoms with Gasteiger partial charge in [-0.1, -0.05) is 93.3 Å². The van der Waals surface area contributed by atoms with Crippen LogP contribution in [-0.4, -0.2) is 6.04 Å². The molecule has 0 aromatic heterocycles. The molecule has 2 N–H and O–H groups in total. The monoisotopic (exact) mass is 281 g/mol. The highest BCUT2D eigenvalue weighted by atomic mass is 14.6. The summed E-state index contributed by atoms with van der Waals surface area (Å²) in [5.74, 6) is 0.300. The Balaban J connectivity index is 2.13. The van der Waals surface area contributed by atoms with Crippen molar-refractivity contribution >= 4 is 0 Å². The molecule has 1 nitrogen and oxygen atoms in total. The highest BCUT2D eigenvalue weighted by molar-refractivity contribution is 5.34. The van der Waals surface area contributed by atoms with E-state index in [0.717, 1.165) is 6.42 Å². The van der Waals surface area contributed by atoms with Crippen molar-refractivity contribution in [2.24, 2.45) is 5.73 Å². The molecule has 0 fully saturated rings. The number of hydrogen-bond donors (Lipinski definition) is 1. The molecule has 2 rings (SSSR count). The third-order valence-corrected chi connectivity index (χ3v) is 4.14. The van der Waals surface area contributed by atoms with Crippen molar-refractivity contribution in [2.45, 2.75) is 51.0 Å². The van der Waals surface area contributed by atoms with E-state index in [4.69, 9.17) is 5.73 Å². The Hall–Kier alpha value is -1.60. The molecule has 0 saturated carbocycles. The molecule has 0 aliphatic carbocycles. The zero-order valence-corrected chi connectivity index (χ0v) is 13.0. The second-order valence-electron chi connectivity index (χ2n) is 5.81. The molecule has 0 heterocycles. The van der Waals surface area contributed by atoms with E-state index in [0.29, 0.717) is 5.92 Å². The molecule has 0 saturated heterocycles. The summed E-state index contributed by atoms with van der Waals surface area (Å²) in [6, 6.07) is 21.5. The highest BCUT2D eigenvalue weighted by Gasteiger charge is 2.21. The van der Waals surface area contributed by atoms with Crippen LogP contribution < -0.4 is 5.73 Å². The predicted octanol–water partition coefficient (Wildman–Crippen LogP) is 5.12. The van der Waals surface area contributed by atoms with Crippen LogP contribution in [0.15, 0.2) is 60.7 Å². The summed E-state index contributed by atoms with van der Waals surface area (Å²) in [4.78, 5) is 0. The van der Waals surface area contributed by atoms with Gasteiger partial charge in [0, 0.05) is 12.0 Å². The van der Waals surface area contributed by atoms with Crippen LogP contribution in [-0.2, 0) is 0 Å². The molecule has 2 aromatic carbocycles. The van der Waals surface area contributed by atoms with Gasteiger partial charge in [0.15, 0.2) is 0 Å². The van der Waals surface area contributed by atoms with Crippen molar-refractivity contribution in [3.8, 4) is 0 Å².